The highest BCUT2D eigenvalue weighted by molar-refractivity contribution is 5.92. The number of aromatic nitrogens is 2. The number of carbonyl (C=O) groups is 1. The summed E-state index contributed by atoms with van der Waals surface area (Å²) in [5, 5.41) is 11.7. The van der Waals surface area contributed by atoms with E-state index in [0.29, 0.717) is 5.95 Å². The second-order valence-electron chi connectivity index (χ2n) is 9.69. The highest BCUT2D eigenvalue weighted by Crippen LogP contribution is 2.20. The number of methoxy groups -OCH3 is 1. The zero-order chi connectivity index (χ0) is 29.2. The number of aryl methyl sites for hydroxylation is 1. The number of amides is 1. The maximum absolute atomic E-state index is 11.0. The molecule has 0 radical (unpaired) electrons. The molecule has 1 aliphatic heterocycles. The highest BCUT2D eigenvalue weighted by Gasteiger charge is 2.13. The Bertz CT molecular complexity index is 1130. The Morgan fingerprint density at radius 1 is 1.02 bits per heavy atom. The van der Waals surface area contributed by atoms with Crippen LogP contribution < -0.4 is 15.7 Å². The normalized spacial score (nSPS) is 12.8. The predicted octanol–water partition coefficient (Wildman–Crippen LogP) is 4.28. The lowest BCUT2D eigenvalue weighted by molar-refractivity contribution is 0.0705. The van der Waals surface area contributed by atoms with Gasteiger partial charge in [0.25, 0.3) is 5.91 Å². The van der Waals surface area contributed by atoms with Crippen molar-refractivity contribution in [2.75, 3.05) is 65.9 Å². The molecule has 3 aromatic rings. The first kappa shape index (κ1) is 32.6. The minimum absolute atomic E-state index is 0.237. The van der Waals surface area contributed by atoms with Crippen molar-refractivity contribution >= 4 is 17.9 Å². The third-order valence-corrected chi connectivity index (χ3v) is 5.98. The first-order chi connectivity index (χ1) is 19.4. The molecule has 0 bridgehead atoms. The number of rotatable bonds is 8. The third-order valence-electron chi connectivity index (χ3n) is 5.98. The smallest absolute Gasteiger partial charge is 0.277 e. The van der Waals surface area contributed by atoms with Gasteiger partial charge in [-0.05, 0) is 57.1 Å². The quantitative estimate of drug-likeness (QED) is 0.218. The number of anilines is 1. The molecule has 9 heteroatoms. The SMILES string of the molecule is COC.Cc1ccc(-c2ccc(/C=C\CCCN(C)C)cc2)cc1.O=C(NO)c1cnc(N2CCNCC2)nc1. The Hall–Kier alpha value is -3.63. The third kappa shape index (κ3) is 12.0. The molecule has 9 nitrogen and oxygen atoms in total. The van der Waals surface area contributed by atoms with Crippen molar-refractivity contribution in [3.63, 3.8) is 0 Å². The molecule has 40 heavy (non-hydrogen) atoms. The van der Waals surface area contributed by atoms with Gasteiger partial charge in [0.05, 0.1) is 5.56 Å². The summed E-state index contributed by atoms with van der Waals surface area (Å²) in [6.45, 7) is 6.78. The number of unbranched alkanes of at least 4 members (excludes halogenated alkanes) is 1. The molecule has 0 unspecified atom stereocenters. The van der Waals surface area contributed by atoms with Crippen molar-refractivity contribution in [2.24, 2.45) is 0 Å². The Balaban J connectivity index is 0.000000262. The van der Waals surface area contributed by atoms with Gasteiger partial charge in [-0.1, -0.05) is 66.2 Å². The van der Waals surface area contributed by atoms with Gasteiger partial charge in [0.2, 0.25) is 5.95 Å². The Morgan fingerprint density at radius 3 is 2.10 bits per heavy atom. The molecule has 1 amide bonds. The maximum atomic E-state index is 11.0. The largest absolute Gasteiger partial charge is 0.388 e. The van der Waals surface area contributed by atoms with Crippen LogP contribution in [0.15, 0.2) is 67.0 Å². The van der Waals surface area contributed by atoms with E-state index in [1.165, 1.54) is 46.5 Å². The van der Waals surface area contributed by atoms with Gasteiger partial charge in [-0.25, -0.2) is 15.4 Å². The molecule has 0 atom stereocenters. The summed E-state index contributed by atoms with van der Waals surface area (Å²) in [4.78, 5) is 23.5. The van der Waals surface area contributed by atoms with E-state index in [2.05, 4.69) is 107 Å². The fourth-order valence-corrected chi connectivity index (χ4v) is 3.81. The summed E-state index contributed by atoms with van der Waals surface area (Å²) >= 11 is 0. The van der Waals surface area contributed by atoms with E-state index in [4.69, 9.17) is 5.21 Å². The highest BCUT2D eigenvalue weighted by atomic mass is 16.5. The number of allylic oxidation sites excluding steroid dienone is 1. The van der Waals surface area contributed by atoms with Crippen LogP contribution >= 0.6 is 0 Å². The van der Waals surface area contributed by atoms with E-state index in [9.17, 15) is 4.79 Å². The fraction of sp³-hybridized carbons (Fsp3) is 0.387. The molecule has 0 aliphatic carbocycles. The second kappa shape index (κ2) is 18.6. The van der Waals surface area contributed by atoms with Crippen LogP contribution in [0.2, 0.25) is 0 Å². The van der Waals surface area contributed by atoms with Gasteiger partial charge < -0.3 is 19.9 Å². The predicted molar refractivity (Wildman–Crippen MR) is 163 cm³/mol. The minimum Gasteiger partial charge on any atom is -0.388 e. The Labute approximate surface area is 238 Å². The minimum atomic E-state index is -0.605. The molecule has 4 rings (SSSR count). The summed E-state index contributed by atoms with van der Waals surface area (Å²) in [6.07, 6.45) is 9.63. The van der Waals surface area contributed by atoms with Gasteiger partial charge >= 0.3 is 0 Å². The van der Waals surface area contributed by atoms with Gasteiger partial charge in [-0.3, -0.25) is 10.0 Å². The summed E-state index contributed by atoms with van der Waals surface area (Å²) in [6, 6.07) is 17.5. The lowest BCUT2D eigenvalue weighted by atomic mass is 10.0. The lowest BCUT2D eigenvalue weighted by Crippen LogP contribution is -2.44. The average Bonchev–Trinajstić information content (AvgIpc) is 2.98. The average molecular weight is 549 g/mol. The molecule has 1 aromatic heterocycles. The molecule has 2 aromatic carbocycles. The first-order valence-corrected chi connectivity index (χ1v) is 13.5. The molecule has 1 fully saturated rings. The Kier molecular flexibility index (Phi) is 15.2. The lowest BCUT2D eigenvalue weighted by Gasteiger charge is -2.27. The van der Waals surface area contributed by atoms with Gasteiger partial charge in [-0.15, -0.1) is 0 Å². The molecular weight excluding hydrogens is 504 g/mol. The summed E-state index contributed by atoms with van der Waals surface area (Å²) in [7, 11) is 7.49. The van der Waals surface area contributed by atoms with Crippen LogP contribution in [-0.4, -0.2) is 87.0 Å². The van der Waals surface area contributed by atoms with Crippen molar-refractivity contribution in [3.05, 3.63) is 83.7 Å². The number of nitrogens with zero attached hydrogens (tertiary/aromatic N) is 4. The Morgan fingerprint density at radius 2 is 1.57 bits per heavy atom. The van der Waals surface area contributed by atoms with Crippen LogP contribution in [0.3, 0.4) is 0 Å². The number of hydrogen-bond donors (Lipinski definition) is 3. The monoisotopic (exact) mass is 548 g/mol. The maximum Gasteiger partial charge on any atom is 0.277 e. The van der Waals surface area contributed by atoms with E-state index < -0.39 is 5.91 Å². The zero-order valence-corrected chi connectivity index (χ0v) is 24.4. The zero-order valence-electron chi connectivity index (χ0n) is 24.4. The molecule has 0 saturated carbocycles. The summed E-state index contributed by atoms with van der Waals surface area (Å²) in [5.41, 5.74) is 6.91. The number of hydrogen-bond acceptors (Lipinski definition) is 8. The summed E-state index contributed by atoms with van der Waals surface area (Å²) in [5.74, 6) is 0.00264. The number of piperazine rings is 1. The number of hydroxylamine groups is 1. The second-order valence-corrected chi connectivity index (χ2v) is 9.69. The van der Waals surface area contributed by atoms with Crippen LogP contribution in [-0.2, 0) is 4.74 Å². The van der Waals surface area contributed by atoms with E-state index in [0.717, 1.165) is 39.1 Å². The number of carbonyl (C=O) groups excluding carboxylic acids is 1. The van der Waals surface area contributed by atoms with E-state index >= 15 is 0 Å². The summed E-state index contributed by atoms with van der Waals surface area (Å²) < 4.78 is 4.25. The first-order valence-electron chi connectivity index (χ1n) is 13.5. The van der Waals surface area contributed by atoms with Gasteiger partial charge in [-0.2, -0.15) is 0 Å². The van der Waals surface area contributed by atoms with Gasteiger partial charge in [0.1, 0.15) is 0 Å². The fourth-order valence-electron chi connectivity index (χ4n) is 3.81. The van der Waals surface area contributed by atoms with E-state index in [-0.39, 0.29) is 5.56 Å². The molecule has 3 N–H and O–H groups in total. The van der Waals surface area contributed by atoms with Crippen molar-refractivity contribution in [3.8, 4) is 11.1 Å². The number of ether oxygens (including phenoxy) is 1. The van der Waals surface area contributed by atoms with E-state index in [1.54, 1.807) is 14.2 Å². The van der Waals surface area contributed by atoms with Crippen LogP contribution in [0.25, 0.3) is 17.2 Å². The van der Waals surface area contributed by atoms with Crippen LogP contribution in [0.1, 0.15) is 34.3 Å². The molecule has 1 aliphatic rings. The van der Waals surface area contributed by atoms with Crippen molar-refractivity contribution in [1.29, 1.82) is 0 Å². The van der Waals surface area contributed by atoms with Crippen molar-refractivity contribution in [1.82, 2.24) is 25.7 Å². The number of benzene rings is 2. The van der Waals surface area contributed by atoms with Gasteiger partial charge in [0.15, 0.2) is 0 Å². The number of nitrogens with one attached hydrogen (secondary N) is 2. The molecule has 2 heterocycles. The van der Waals surface area contributed by atoms with Crippen molar-refractivity contribution in [2.45, 2.75) is 19.8 Å². The van der Waals surface area contributed by atoms with Gasteiger partial charge in [0, 0.05) is 52.8 Å². The molecule has 1 saturated heterocycles. The standard InChI is InChI=1S/C20H25N.C9H13N5O2.C2H6O/c1-17-8-12-19(13-9-17)20-14-10-18(11-15-20)7-5-4-6-16-21(2)3;15-8(13-16)7-5-11-9(12-6-7)14-3-1-10-2-4-14;1-3-2/h5,7-15H,4,6,16H2,1-3H3;5-6,10,16H,1-4H2,(H,13,15);1-2H3/b7-5-;;. The molecule has 216 valence electrons. The molecular formula is C31H44N6O3. The molecule has 0 spiro atoms. The van der Waals surface area contributed by atoms with Crippen LogP contribution in [0, 0.1) is 6.92 Å². The topological polar surface area (TPSA) is 103 Å². The van der Waals surface area contributed by atoms with Crippen molar-refractivity contribution < 1.29 is 14.7 Å². The van der Waals surface area contributed by atoms with Crippen LogP contribution in [0.5, 0.6) is 0 Å². The van der Waals surface area contributed by atoms with E-state index in [1.807, 2.05) is 4.90 Å². The van der Waals surface area contributed by atoms with Crippen LogP contribution in [0.4, 0.5) is 5.95 Å².